The summed E-state index contributed by atoms with van der Waals surface area (Å²) in [4.78, 5) is 11.0. The van der Waals surface area contributed by atoms with Crippen LogP contribution in [0.1, 0.15) is 38.7 Å². The van der Waals surface area contributed by atoms with Crippen molar-refractivity contribution in [2.24, 2.45) is 5.92 Å². The molecule has 1 fully saturated rings. The fraction of sp³-hybridized carbons (Fsp3) is 0.562. The summed E-state index contributed by atoms with van der Waals surface area (Å²) in [6.45, 7) is 3.99. The van der Waals surface area contributed by atoms with Gasteiger partial charge in [-0.15, -0.1) is 0 Å². The van der Waals surface area contributed by atoms with E-state index in [1.54, 1.807) is 6.92 Å². The maximum absolute atomic E-state index is 11.0. The van der Waals surface area contributed by atoms with E-state index < -0.39 is 0 Å². The van der Waals surface area contributed by atoms with Crippen LogP contribution in [0.25, 0.3) is 0 Å². The molecule has 0 aromatic heterocycles. The minimum Gasteiger partial charge on any atom is -0.487 e. The molecule has 0 spiro atoms. The van der Waals surface area contributed by atoms with Gasteiger partial charge in [-0.2, -0.15) is 0 Å². The molecule has 1 atom stereocenters. The lowest BCUT2D eigenvalue weighted by Gasteiger charge is -2.15. The highest BCUT2D eigenvalue weighted by atomic mass is 16.6. The Morgan fingerprint density at radius 3 is 2.58 bits per heavy atom. The summed E-state index contributed by atoms with van der Waals surface area (Å²) in [5.74, 6) is 1.55. The Morgan fingerprint density at radius 2 is 2.00 bits per heavy atom. The fourth-order valence-corrected chi connectivity index (χ4v) is 1.94. The van der Waals surface area contributed by atoms with Gasteiger partial charge >= 0.3 is 5.97 Å². The highest BCUT2D eigenvalue weighted by Gasteiger charge is 2.21. The minimum absolute atomic E-state index is 0.121. The molecule has 0 aliphatic heterocycles. The Hall–Kier alpha value is -1.51. The van der Waals surface area contributed by atoms with Crippen LogP contribution in [-0.2, 0) is 16.0 Å². The normalized spacial score (nSPS) is 15.9. The molecular formula is C16H22O3. The van der Waals surface area contributed by atoms with Gasteiger partial charge in [-0.3, -0.25) is 4.79 Å². The van der Waals surface area contributed by atoms with Crippen LogP contribution in [0.4, 0.5) is 0 Å². The van der Waals surface area contributed by atoms with Crippen LogP contribution < -0.4 is 4.74 Å². The molecule has 1 saturated carbocycles. The maximum Gasteiger partial charge on any atom is 0.305 e. The Labute approximate surface area is 114 Å². The van der Waals surface area contributed by atoms with E-state index in [4.69, 9.17) is 9.47 Å². The second kappa shape index (κ2) is 6.60. The summed E-state index contributed by atoms with van der Waals surface area (Å²) in [5, 5.41) is 0. The van der Waals surface area contributed by atoms with Crippen LogP contribution >= 0.6 is 0 Å². The molecule has 104 valence electrons. The zero-order valence-electron chi connectivity index (χ0n) is 11.7. The molecule has 1 aliphatic rings. The lowest BCUT2D eigenvalue weighted by atomic mass is 10.1. The second-order valence-electron chi connectivity index (χ2n) is 5.26. The van der Waals surface area contributed by atoms with Crippen molar-refractivity contribution in [3.05, 3.63) is 29.8 Å². The molecule has 2 rings (SSSR count). The van der Waals surface area contributed by atoms with Gasteiger partial charge in [-0.1, -0.05) is 19.1 Å². The van der Waals surface area contributed by atoms with Crippen LogP contribution in [-0.4, -0.2) is 18.7 Å². The average molecular weight is 262 g/mol. The number of carbonyl (C=O) groups is 1. The van der Waals surface area contributed by atoms with Gasteiger partial charge in [0.15, 0.2) is 0 Å². The van der Waals surface area contributed by atoms with Crippen molar-refractivity contribution < 1.29 is 14.3 Å². The first-order valence-electron chi connectivity index (χ1n) is 7.08. The first-order chi connectivity index (χ1) is 9.17. The average Bonchev–Trinajstić information content (AvgIpc) is 3.22. The zero-order chi connectivity index (χ0) is 13.7. The predicted molar refractivity (Wildman–Crippen MR) is 74.2 cm³/mol. The third-order valence-corrected chi connectivity index (χ3v) is 3.25. The standard InChI is InChI=1S/C16H22O3/c1-3-16(17)18-11-12(2)19-15-8-6-14(7-9-15)10-13-4-5-13/h6-9,12-13H,3-5,10-11H2,1-2H3. The first kappa shape index (κ1) is 13.9. The molecular weight excluding hydrogens is 240 g/mol. The van der Waals surface area contributed by atoms with Crippen molar-refractivity contribution in [3.63, 3.8) is 0 Å². The van der Waals surface area contributed by atoms with E-state index >= 15 is 0 Å². The number of rotatable bonds is 7. The van der Waals surface area contributed by atoms with Crippen molar-refractivity contribution in [2.45, 2.75) is 45.6 Å². The van der Waals surface area contributed by atoms with Crippen LogP contribution in [0.2, 0.25) is 0 Å². The first-order valence-corrected chi connectivity index (χ1v) is 7.08. The molecule has 0 N–H and O–H groups in total. The van der Waals surface area contributed by atoms with E-state index in [1.165, 1.54) is 24.8 Å². The topological polar surface area (TPSA) is 35.5 Å². The van der Waals surface area contributed by atoms with E-state index in [9.17, 15) is 4.79 Å². The Bertz CT molecular complexity index is 407. The number of hydrogen-bond acceptors (Lipinski definition) is 3. The summed E-state index contributed by atoms with van der Waals surface area (Å²) in [6, 6.07) is 8.24. The van der Waals surface area contributed by atoms with Crippen molar-refractivity contribution in [2.75, 3.05) is 6.61 Å². The van der Waals surface area contributed by atoms with Crippen molar-refractivity contribution >= 4 is 5.97 Å². The number of hydrogen-bond donors (Lipinski definition) is 0. The van der Waals surface area contributed by atoms with Gasteiger partial charge in [0.1, 0.15) is 18.5 Å². The van der Waals surface area contributed by atoms with E-state index in [0.717, 1.165) is 11.7 Å². The monoisotopic (exact) mass is 262 g/mol. The van der Waals surface area contributed by atoms with E-state index in [2.05, 4.69) is 12.1 Å². The van der Waals surface area contributed by atoms with Crippen molar-refractivity contribution in [3.8, 4) is 5.75 Å². The SMILES string of the molecule is CCC(=O)OCC(C)Oc1ccc(CC2CC2)cc1. The summed E-state index contributed by atoms with van der Waals surface area (Å²) >= 11 is 0. The van der Waals surface area contributed by atoms with Crippen LogP contribution in [0.15, 0.2) is 24.3 Å². The van der Waals surface area contributed by atoms with Gasteiger partial charge in [0, 0.05) is 6.42 Å². The quantitative estimate of drug-likeness (QED) is 0.707. The molecule has 19 heavy (non-hydrogen) atoms. The van der Waals surface area contributed by atoms with E-state index in [1.807, 2.05) is 19.1 Å². The van der Waals surface area contributed by atoms with Gasteiger partial charge in [-0.25, -0.2) is 0 Å². The fourth-order valence-electron chi connectivity index (χ4n) is 1.94. The highest BCUT2D eigenvalue weighted by Crippen LogP contribution is 2.32. The summed E-state index contributed by atoms with van der Waals surface area (Å²) in [6.07, 6.45) is 4.22. The van der Waals surface area contributed by atoms with E-state index in [0.29, 0.717) is 13.0 Å². The predicted octanol–water partition coefficient (Wildman–Crippen LogP) is 3.36. The Balaban J connectivity index is 1.76. The number of benzene rings is 1. The van der Waals surface area contributed by atoms with Gasteiger partial charge in [0.2, 0.25) is 0 Å². The Morgan fingerprint density at radius 1 is 1.32 bits per heavy atom. The largest absolute Gasteiger partial charge is 0.487 e. The minimum atomic E-state index is -0.185. The molecule has 3 nitrogen and oxygen atoms in total. The molecule has 1 aromatic rings. The highest BCUT2D eigenvalue weighted by molar-refractivity contribution is 5.68. The number of ether oxygens (including phenoxy) is 2. The van der Waals surface area contributed by atoms with Gasteiger partial charge in [0.05, 0.1) is 0 Å². The van der Waals surface area contributed by atoms with Gasteiger partial charge < -0.3 is 9.47 Å². The van der Waals surface area contributed by atoms with Gasteiger partial charge in [0.25, 0.3) is 0 Å². The summed E-state index contributed by atoms with van der Waals surface area (Å²) in [7, 11) is 0. The van der Waals surface area contributed by atoms with Crippen molar-refractivity contribution in [1.82, 2.24) is 0 Å². The van der Waals surface area contributed by atoms with Crippen LogP contribution in [0.3, 0.4) is 0 Å². The molecule has 1 unspecified atom stereocenters. The molecule has 0 amide bonds. The molecule has 1 aromatic carbocycles. The smallest absolute Gasteiger partial charge is 0.305 e. The van der Waals surface area contributed by atoms with Crippen molar-refractivity contribution in [1.29, 1.82) is 0 Å². The lowest BCUT2D eigenvalue weighted by molar-refractivity contribution is -0.145. The molecule has 0 bridgehead atoms. The van der Waals surface area contributed by atoms with E-state index in [-0.39, 0.29) is 12.1 Å². The summed E-state index contributed by atoms with van der Waals surface area (Å²) in [5.41, 5.74) is 1.37. The maximum atomic E-state index is 11.0. The number of esters is 1. The zero-order valence-corrected chi connectivity index (χ0v) is 11.7. The molecule has 3 heteroatoms. The van der Waals surface area contributed by atoms with Crippen LogP contribution in [0.5, 0.6) is 5.75 Å². The molecule has 0 radical (unpaired) electrons. The number of carbonyl (C=O) groups excluding carboxylic acids is 1. The van der Waals surface area contributed by atoms with Crippen LogP contribution in [0, 0.1) is 5.92 Å². The Kier molecular flexibility index (Phi) is 4.83. The molecule has 0 heterocycles. The third-order valence-electron chi connectivity index (χ3n) is 3.25. The lowest BCUT2D eigenvalue weighted by Crippen LogP contribution is -2.21. The van der Waals surface area contributed by atoms with Gasteiger partial charge in [-0.05, 0) is 49.8 Å². The summed E-state index contributed by atoms with van der Waals surface area (Å²) < 4.78 is 10.8. The second-order valence-corrected chi connectivity index (χ2v) is 5.26. The third kappa shape index (κ3) is 4.93. The molecule has 1 aliphatic carbocycles. The molecule has 0 saturated heterocycles.